The van der Waals surface area contributed by atoms with Gasteiger partial charge in [0, 0.05) is 38.8 Å². The monoisotopic (exact) mass is 371 g/mol. The largest absolute Gasteiger partial charge is 0.370 e. The van der Waals surface area contributed by atoms with Crippen LogP contribution < -0.4 is 0 Å². The average Bonchev–Trinajstić information content (AvgIpc) is 2.33. The summed E-state index contributed by atoms with van der Waals surface area (Å²) in [5, 5.41) is 0. The average molecular weight is 371 g/mol. The van der Waals surface area contributed by atoms with Gasteiger partial charge >= 0.3 is 0 Å². The number of hydrogen-bond donors (Lipinski definition) is 0. The molecule has 0 N–H and O–H groups in total. The summed E-state index contributed by atoms with van der Waals surface area (Å²) in [4.78, 5) is 1.22. The molecule has 0 amide bonds. The van der Waals surface area contributed by atoms with Crippen molar-refractivity contribution < 1.29 is 50.3 Å². The summed E-state index contributed by atoms with van der Waals surface area (Å²) < 4.78 is 51.9. The molecule has 1 aliphatic heterocycles. The van der Waals surface area contributed by atoms with E-state index in [9.17, 15) is 17.6 Å². The van der Waals surface area contributed by atoms with Crippen LogP contribution in [0.1, 0.15) is 12.5 Å². The van der Waals surface area contributed by atoms with Gasteiger partial charge in [-0.2, -0.15) is 12.2 Å². The predicted octanol–water partition coefficient (Wildman–Crippen LogP) is 4.15. The molecular formula is C15H12F4NY-. The van der Waals surface area contributed by atoms with Crippen LogP contribution in [0.15, 0.2) is 42.1 Å². The van der Waals surface area contributed by atoms with E-state index < -0.39 is 24.6 Å². The molecule has 1 aromatic carbocycles. The van der Waals surface area contributed by atoms with E-state index in [0.717, 1.165) is 18.2 Å². The van der Waals surface area contributed by atoms with Crippen molar-refractivity contribution in [2.24, 2.45) is 0 Å². The van der Waals surface area contributed by atoms with E-state index in [-0.39, 0.29) is 44.0 Å². The summed E-state index contributed by atoms with van der Waals surface area (Å²) in [6.45, 7) is 4.82. The number of rotatable bonds is 3. The van der Waals surface area contributed by atoms with Crippen LogP contribution in [-0.2, 0) is 32.7 Å². The fraction of sp³-hybridized carbons (Fsp3) is 0.200. The van der Waals surface area contributed by atoms with Gasteiger partial charge in [-0.15, -0.1) is 5.57 Å². The van der Waals surface area contributed by atoms with Gasteiger partial charge < -0.3 is 4.90 Å². The van der Waals surface area contributed by atoms with Crippen molar-refractivity contribution in [2.75, 3.05) is 6.54 Å². The van der Waals surface area contributed by atoms with Gasteiger partial charge in [-0.1, -0.05) is 36.9 Å². The van der Waals surface area contributed by atoms with Crippen LogP contribution in [-0.4, -0.2) is 17.9 Å². The minimum absolute atomic E-state index is 0. The Hall–Kier alpha value is -0.936. The maximum Gasteiger partial charge on any atom is 0.256 e. The van der Waals surface area contributed by atoms with E-state index in [2.05, 4.69) is 12.7 Å². The Morgan fingerprint density at radius 3 is 2.29 bits per heavy atom. The molecule has 1 heterocycles. The van der Waals surface area contributed by atoms with Crippen LogP contribution in [0.3, 0.4) is 0 Å². The zero-order chi connectivity index (χ0) is 14.9. The fourth-order valence-corrected chi connectivity index (χ4v) is 1.95. The first kappa shape index (κ1) is 18.1. The maximum absolute atomic E-state index is 13.3. The minimum atomic E-state index is -2.60. The molecule has 0 spiro atoms. The van der Waals surface area contributed by atoms with Gasteiger partial charge in [-0.25, -0.2) is 17.6 Å². The normalized spacial score (nSPS) is 14.8. The molecule has 0 unspecified atom stereocenters. The Labute approximate surface area is 145 Å². The van der Waals surface area contributed by atoms with Crippen molar-refractivity contribution in [3.8, 4) is 0 Å². The molecule has 0 bridgehead atoms. The van der Waals surface area contributed by atoms with Crippen molar-refractivity contribution in [3.63, 3.8) is 0 Å². The van der Waals surface area contributed by atoms with Gasteiger partial charge in [-0.3, -0.25) is 0 Å². The summed E-state index contributed by atoms with van der Waals surface area (Å²) in [5.41, 5.74) is 1.36. The van der Waals surface area contributed by atoms with E-state index in [4.69, 9.17) is 0 Å². The fourth-order valence-electron chi connectivity index (χ4n) is 1.95. The molecule has 6 heteroatoms. The van der Waals surface area contributed by atoms with E-state index in [1.807, 2.05) is 0 Å². The number of alkyl halides is 2. The van der Waals surface area contributed by atoms with Gasteiger partial charge in [0.2, 0.25) is 0 Å². The number of nitrogens with zero attached hydrogens (tertiary/aromatic N) is 1. The van der Waals surface area contributed by atoms with Crippen LogP contribution in [0.4, 0.5) is 17.6 Å². The van der Waals surface area contributed by atoms with Crippen LogP contribution in [0.2, 0.25) is 0 Å². The van der Waals surface area contributed by atoms with Gasteiger partial charge in [0.05, 0.1) is 6.54 Å². The van der Waals surface area contributed by atoms with Gasteiger partial charge in [0.25, 0.3) is 6.43 Å². The second-order valence-corrected chi connectivity index (χ2v) is 4.43. The third-order valence-electron chi connectivity index (χ3n) is 2.93. The molecular weight excluding hydrogens is 359 g/mol. The van der Waals surface area contributed by atoms with Gasteiger partial charge in [-0.05, 0) is 5.70 Å². The van der Waals surface area contributed by atoms with Gasteiger partial charge in [0.1, 0.15) is 11.6 Å². The Bertz CT molecular complexity index is 587. The number of allylic oxidation sites excluding steroid dienone is 3. The molecule has 1 aromatic rings. The summed E-state index contributed by atoms with van der Waals surface area (Å²) in [6.07, 6.45) is 1.73. The topological polar surface area (TPSA) is 3.24 Å². The van der Waals surface area contributed by atoms with Crippen molar-refractivity contribution in [3.05, 3.63) is 65.4 Å². The van der Waals surface area contributed by atoms with Crippen molar-refractivity contribution in [2.45, 2.75) is 13.3 Å². The summed E-state index contributed by atoms with van der Waals surface area (Å²) in [5.74, 6) is -1.55. The van der Waals surface area contributed by atoms with E-state index in [0.29, 0.717) is 11.3 Å². The summed E-state index contributed by atoms with van der Waals surface area (Å²) >= 11 is 0. The zero-order valence-electron chi connectivity index (χ0n) is 11.3. The van der Waals surface area contributed by atoms with E-state index >= 15 is 0 Å². The minimum Gasteiger partial charge on any atom is -0.370 e. The van der Waals surface area contributed by atoms with Crippen LogP contribution in [0.5, 0.6) is 0 Å². The first-order valence-corrected chi connectivity index (χ1v) is 5.90. The third kappa shape index (κ3) is 4.27. The van der Waals surface area contributed by atoms with Crippen LogP contribution >= 0.6 is 0 Å². The van der Waals surface area contributed by atoms with Gasteiger partial charge in [0.15, 0.2) is 0 Å². The van der Waals surface area contributed by atoms with Crippen molar-refractivity contribution in [1.82, 2.24) is 4.90 Å². The standard InChI is InChI=1S/C15H12F4N.Y/c1-9-3-4-14(20(10(9)2)8-15(18)19)11-5-12(16)7-13(17)6-11;/h3,5-7,15H,2,8H2,1H3;/q-1;. The SMILES string of the molecule is C=C1C(C)=C[C-]=C(c2cc(F)cc(F)c2)N1CC(F)F.[Y]. The first-order valence-electron chi connectivity index (χ1n) is 5.90. The number of hydrogen-bond acceptors (Lipinski definition) is 1. The molecule has 0 fully saturated rings. The Balaban J connectivity index is 0.00000220. The Morgan fingerprint density at radius 1 is 1.19 bits per heavy atom. The second kappa shape index (κ2) is 7.36. The third-order valence-corrected chi connectivity index (χ3v) is 2.93. The van der Waals surface area contributed by atoms with Crippen LogP contribution in [0, 0.1) is 17.7 Å². The Morgan fingerprint density at radius 2 is 1.76 bits per heavy atom. The maximum atomic E-state index is 13.3. The molecule has 0 saturated heterocycles. The molecule has 0 aliphatic carbocycles. The molecule has 0 aromatic heterocycles. The first-order chi connectivity index (χ1) is 9.38. The number of benzene rings is 1. The molecule has 109 valence electrons. The molecule has 1 aliphatic rings. The zero-order valence-corrected chi connectivity index (χ0v) is 14.2. The molecule has 1 radical (unpaired) electrons. The smallest absolute Gasteiger partial charge is 0.256 e. The predicted molar refractivity (Wildman–Crippen MR) is 68.6 cm³/mol. The Kier molecular flexibility index (Phi) is 6.35. The molecule has 21 heavy (non-hydrogen) atoms. The second-order valence-electron chi connectivity index (χ2n) is 4.43. The van der Waals surface area contributed by atoms with Crippen molar-refractivity contribution >= 4 is 5.70 Å². The van der Waals surface area contributed by atoms with E-state index in [1.165, 1.54) is 4.90 Å². The quantitative estimate of drug-likeness (QED) is 0.570. The van der Waals surface area contributed by atoms with E-state index in [1.54, 1.807) is 13.0 Å². The summed E-state index contributed by atoms with van der Waals surface area (Å²) in [7, 11) is 0. The molecule has 2 rings (SSSR count). The van der Waals surface area contributed by atoms with Crippen LogP contribution in [0.25, 0.3) is 5.70 Å². The molecule has 0 saturated carbocycles. The summed E-state index contributed by atoms with van der Waals surface area (Å²) in [6, 6.07) is 2.87. The number of halogens is 4. The van der Waals surface area contributed by atoms with Crippen molar-refractivity contribution in [1.29, 1.82) is 0 Å². The molecule has 0 atom stereocenters. The molecule has 1 nitrogen and oxygen atoms in total.